The van der Waals surface area contributed by atoms with Crippen molar-refractivity contribution in [1.29, 1.82) is 5.26 Å². The van der Waals surface area contributed by atoms with E-state index in [0.29, 0.717) is 45.4 Å². The number of nitrogens with zero attached hydrogens (tertiary/aromatic N) is 3. The molecule has 0 aromatic rings. The third kappa shape index (κ3) is 5.33. The molecular weight excluding hydrogens is 270 g/mol. The van der Waals surface area contributed by atoms with Crippen molar-refractivity contribution in [3.63, 3.8) is 0 Å². The summed E-state index contributed by atoms with van der Waals surface area (Å²) in [5.74, 6) is 4.94. The van der Waals surface area contributed by atoms with E-state index in [0.717, 1.165) is 0 Å². The van der Waals surface area contributed by atoms with Gasteiger partial charge in [-0.1, -0.05) is 0 Å². The van der Waals surface area contributed by atoms with E-state index >= 15 is 0 Å². The number of piperidine rings is 1. The van der Waals surface area contributed by atoms with Crippen LogP contribution < -0.4 is 11.3 Å². The van der Waals surface area contributed by atoms with Crippen molar-refractivity contribution in [3.05, 3.63) is 0 Å². The van der Waals surface area contributed by atoms with Crippen LogP contribution in [0.15, 0.2) is 0 Å². The van der Waals surface area contributed by atoms with Crippen molar-refractivity contribution in [2.24, 2.45) is 11.8 Å². The van der Waals surface area contributed by atoms with Gasteiger partial charge in [-0.05, 0) is 26.7 Å². The lowest BCUT2D eigenvalue weighted by atomic mass is 9.96. The van der Waals surface area contributed by atoms with Gasteiger partial charge in [0, 0.05) is 38.0 Å². The number of hydrogen-bond acceptors (Lipinski definition) is 5. The second-order valence-corrected chi connectivity index (χ2v) is 5.64. The molecule has 0 bridgehead atoms. The Kier molecular flexibility index (Phi) is 7.12. The number of nitrogens with one attached hydrogen (secondary N) is 1. The standard InChI is InChI=1S/C14H25N5O2/c1-11(2)19(7-3-6-15)10-13(20)18-8-4-12(5-9-18)14(21)17-16/h11-12H,3-5,7-10,16H2,1-2H3,(H,17,21). The second kappa shape index (κ2) is 8.60. The summed E-state index contributed by atoms with van der Waals surface area (Å²) >= 11 is 0. The predicted molar refractivity (Wildman–Crippen MR) is 78.6 cm³/mol. The number of nitriles is 1. The molecular formula is C14H25N5O2. The van der Waals surface area contributed by atoms with Crippen LogP contribution in [0, 0.1) is 17.2 Å². The molecule has 1 heterocycles. The molecule has 1 saturated heterocycles. The van der Waals surface area contributed by atoms with Gasteiger partial charge in [-0.25, -0.2) is 5.84 Å². The van der Waals surface area contributed by atoms with E-state index in [9.17, 15) is 9.59 Å². The summed E-state index contributed by atoms with van der Waals surface area (Å²) in [5, 5.41) is 8.66. The summed E-state index contributed by atoms with van der Waals surface area (Å²) < 4.78 is 0. The molecule has 1 rings (SSSR count). The number of rotatable bonds is 6. The number of likely N-dealkylation sites (tertiary alicyclic amines) is 1. The van der Waals surface area contributed by atoms with Crippen LogP contribution >= 0.6 is 0 Å². The summed E-state index contributed by atoms with van der Waals surface area (Å²) in [6, 6.07) is 2.33. The number of amides is 2. The van der Waals surface area contributed by atoms with Crippen LogP contribution in [0.4, 0.5) is 0 Å². The Morgan fingerprint density at radius 3 is 2.52 bits per heavy atom. The van der Waals surface area contributed by atoms with E-state index in [1.807, 2.05) is 18.7 Å². The van der Waals surface area contributed by atoms with Crippen molar-refractivity contribution in [1.82, 2.24) is 15.2 Å². The Labute approximate surface area is 126 Å². The first-order valence-electron chi connectivity index (χ1n) is 7.38. The quantitative estimate of drug-likeness (QED) is 0.403. The Hall–Kier alpha value is -1.65. The van der Waals surface area contributed by atoms with Crippen LogP contribution in [-0.2, 0) is 9.59 Å². The highest BCUT2D eigenvalue weighted by atomic mass is 16.2. The molecule has 2 amide bonds. The van der Waals surface area contributed by atoms with Crippen LogP contribution in [0.5, 0.6) is 0 Å². The van der Waals surface area contributed by atoms with E-state index in [2.05, 4.69) is 11.5 Å². The monoisotopic (exact) mass is 295 g/mol. The van der Waals surface area contributed by atoms with E-state index < -0.39 is 0 Å². The van der Waals surface area contributed by atoms with Gasteiger partial charge in [0.1, 0.15) is 0 Å². The lowest BCUT2D eigenvalue weighted by molar-refractivity contribution is -0.136. The van der Waals surface area contributed by atoms with Crippen LogP contribution in [0.25, 0.3) is 0 Å². The molecule has 0 aromatic carbocycles. The zero-order valence-corrected chi connectivity index (χ0v) is 12.8. The fourth-order valence-corrected chi connectivity index (χ4v) is 2.50. The molecule has 0 spiro atoms. The first-order valence-corrected chi connectivity index (χ1v) is 7.38. The van der Waals surface area contributed by atoms with Crippen molar-refractivity contribution < 1.29 is 9.59 Å². The minimum atomic E-state index is -0.153. The molecule has 118 valence electrons. The van der Waals surface area contributed by atoms with E-state index in [1.165, 1.54) is 0 Å². The maximum atomic E-state index is 12.3. The molecule has 1 aliphatic rings. The lowest BCUT2D eigenvalue weighted by Gasteiger charge is -2.33. The average molecular weight is 295 g/mol. The Morgan fingerprint density at radius 2 is 2.05 bits per heavy atom. The summed E-state index contributed by atoms with van der Waals surface area (Å²) in [4.78, 5) is 27.5. The SMILES string of the molecule is CC(C)N(CCC#N)CC(=O)N1CCC(C(=O)NN)CC1. The Balaban J connectivity index is 2.46. The van der Waals surface area contributed by atoms with Crippen LogP contribution in [0.2, 0.25) is 0 Å². The van der Waals surface area contributed by atoms with Gasteiger partial charge in [0.2, 0.25) is 11.8 Å². The number of hydrogen-bond donors (Lipinski definition) is 2. The molecule has 21 heavy (non-hydrogen) atoms. The minimum absolute atomic E-state index is 0.0632. The lowest BCUT2D eigenvalue weighted by Crippen LogP contribution is -2.48. The highest BCUT2D eigenvalue weighted by Crippen LogP contribution is 2.17. The number of hydrazine groups is 1. The molecule has 0 unspecified atom stereocenters. The van der Waals surface area contributed by atoms with Crippen molar-refractivity contribution in [2.45, 2.75) is 39.2 Å². The smallest absolute Gasteiger partial charge is 0.237 e. The summed E-state index contributed by atoms with van der Waals surface area (Å²) in [5.41, 5.74) is 2.17. The fraction of sp³-hybridized carbons (Fsp3) is 0.786. The van der Waals surface area contributed by atoms with Gasteiger partial charge in [-0.15, -0.1) is 0 Å². The van der Waals surface area contributed by atoms with Gasteiger partial charge in [0.15, 0.2) is 0 Å². The zero-order chi connectivity index (χ0) is 15.8. The van der Waals surface area contributed by atoms with Gasteiger partial charge < -0.3 is 4.90 Å². The zero-order valence-electron chi connectivity index (χ0n) is 12.8. The maximum Gasteiger partial charge on any atom is 0.237 e. The second-order valence-electron chi connectivity index (χ2n) is 5.64. The van der Waals surface area contributed by atoms with E-state index in [1.54, 1.807) is 4.90 Å². The molecule has 7 nitrogen and oxygen atoms in total. The van der Waals surface area contributed by atoms with Crippen LogP contribution in [-0.4, -0.2) is 53.8 Å². The van der Waals surface area contributed by atoms with Gasteiger partial charge in [-0.2, -0.15) is 5.26 Å². The first kappa shape index (κ1) is 17.4. The summed E-state index contributed by atoms with van der Waals surface area (Å²) in [6.45, 7) is 6.13. The number of carbonyl (C=O) groups excluding carboxylic acids is 2. The Morgan fingerprint density at radius 1 is 1.43 bits per heavy atom. The van der Waals surface area contributed by atoms with Crippen LogP contribution in [0.1, 0.15) is 33.1 Å². The van der Waals surface area contributed by atoms with Gasteiger partial charge >= 0.3 is 0 Å². The number of carbonyl (C=O) groups is 2. The molecule has 0 atom stereocenters. The van der Waals surface area contributed by atoms with E-state index in [-0.39, 0.29) is 23.8 Å². The van der Waals surface area contributed by atoms with Crippen LogP contribution in [0.3, 0.4) is 0 Å². The normalized spacial score (nSPS) is 16.1. The summed E-state index contributed by atoms with van der Waals surface area (Å²) in [6.07, 6.45) is 1.72. The predicted octanol–water partition coefficient (Wildman–Crippen LogP) is -0.161. The number of nitrogens with two attached hydrogens (primary N) is 1. The van der Waals surface area contributed by atoms with Gasteiger partial charge in [-0.3, -0.25) is 19.9 Å². The maximum absolute atomic E-state index is 12.3. The molecule has 0 aliphatic carbocycles. The highest BCUT2D eigenvalue weighted by molar-refractivity contribution is 5.80. The largest absolute Gasteiger partial charge is 0.342 e. The third-order valence-corrected chi connectivity index (χ3v) is 3.94. The summed E-state index contributed by atoms with van der Waals surface area (Å²) in [7, 11) is 0. The first-order chi connectivity index (χ1) is 9.99. The Bertz CT molecular complexity index is 397. The molecule has 3 N–H and O–H groups in total. The molecule has 1 fully saturated rings. The van der Waals surface area contributed by atoms with Gasteiger partial charge in [0.05, 0.1) is 12.6 Å². The molecule has 1 aliphatic heterocycles. The third-order valence-electron chi connectivity index (χ3n) is 3.94. The topological polar surface area (TPSA) is 102 Å². The van der Waals surface area contributed by atoms with E-state index in [4.69, 9.17) is 11.1 Å². The fourth-order valence-electron chi connectivity index (χ4n) is 2.50. The van der Waals surface area contributed by atoms with Crippen molar-refractivity contribution >= 4 is 11.8 Å². The van der Waals surface area contributed by atoms with Crippen molar-refractivity contribution in [3.8, 4) is 6.07 Å². The minimum Gasteiger partial charge on any atom is -0.342 e. The molecule has 0 aromatic heterocycles. The molecule has 0 radical (unpaired) electrons. The highest BCUT2D eigenvalue weighted by Gasteiger charge is 2.27. The van der Waals surface area contributed by atoms with Crippen molar-refractivity contribution in [2.75, 3.05) is 26.2 Å². The van der Waals surface area contributed by atoms with Gasteiger partial charge in [0.25, 0.3) is 0 Å². The molecule has 7 heteroatoms. The average Bonchev–Trinajstić information content (AvgIpc) is 2.50. The molecule has 0 saturated carbocycles.